The maximum Gasteiger partial charge on any atom is 0.303 e. The fourth-order valence-corrected chi connectivity index (χ4v) is 2.94. The van der Waals surface area contributed by atoms with E-state index in [0.29, 0.717) is 13.0 Å². The Morgan fingerprint density at radius 2 is 1.64 bits per heavy atom. The fraction of sp³-hybridized carbons (Fsp3) is 0.227. The van der Waals surface area contributed by atoms with Gasteiger partial charge in [0.15, 0.2) is 0 Å². The van der Waals surface area contributed by atoms with Gasteiger partial charge in [-0.25, -0.2) is 0 Å². The summed E-state index contributed by atoms with van der Waals surface area (Å²) in [5.74, 6) is 0.124. The number of fused-ring (bicyclic) bond motifs is 1. The Morgan fingerprint density at radius 1 is 0.880 bits per heavy atom. The van der Waals surface area contributed by atoms with Gasteiger partial charge < -0.3 is 9.84 Å². The van der Waals surface area contributed by atoms with Crippen molar-refractivity contribution in [3.8, 4) is 5.75 Å². The van der Waals surface area contributed by atoms with E-state index in [2.05, 4.69) is 42.5 Å². The first kappa shape index (κ1) is 17.0. The predicted octanol–water partition coefficient (Wildman–Crippen LogP) is 5.22. The Kier molecular flexibility index (Phi) is 5.68. The number of carboxylic acids is 1. The Morgan fingerprint density at radius 3 is 2.44 bits per heavy atom. The quantitative estimate of drug-likeness (QED) is 0.575. The van der Waals surface area contributed by atoms with Crippen molar-refractivity contribution in [2.45, 2.75) is 32.3 Å². The van der Waals surface area contributed by atoms with Crippen molar-refractivity contribution in [3.05, 3.63) is 77.9 Å². The number of ether oxygens (including phenoxy) is 1. The second kappa shape index (κ2) is 8.34. The minimum absolute atomic E-state index is 0.242. The third-order valence-electron chi connectivity index (χ3n) is 4.30. The summed E-state index contributed by atoms with van der Waals surface area (Å²) in [6, 6.07) is 22.7. The summed E-state index contributed by atoms with van der Waals surface area (Å²) in [7, 11) is 0. The van der Waals surface area contributed by atoms with Gasteiger partial charge in [0.05, 0.1) is 0 Å². The third-order valence-corrected chi connectivity index (χ3v) is 4.30. The highest BCUT2D eigenvalue weighted by Crippen LogP contribution is 2.21. The molecular formula is C22H22O3. The molecule has 0 fully saturated rings. The van der Waals surface area contributed by atoms with Crippen LogP contribution in [-0.4, -0.2) is 11.1 Å². The van der Waals surface area contributed by atoms with Gasteiger partial charge in [-0.05, 0) is 53.3 Å². The van der Waals surface area contributed by atoms with Gasteiger partial charge in [0, 0.05) is 6.42 Å². The van der Waals surface area contributed by atoms with Gasteiger partial charge in [0.2, 0.25) is 0 Å². The second-order valence-corrected chi connectivity index (χ2v) is 6.17. The molecule has 1 N–H and O–H groups in total. The second-order valence-electron chi connectivity index (χ2n) is 6.17. The van der Waals surface area contributed by atoms with Crippen molar-refractivity contribution >= 4 is 16.7 Å². The van der Waals surface area contributed by atoms with Crippen molar-refractivity contribution in [3.63, 3.8) is 0 Å². The van der Waals surface area contributed by atoms with Crippen molar-refractivity contribution in [2.75, 3.05) is 0 Å². The summed E-state index contributed by atoms with van der Waals surface area (Å²) in [5.41, 5.74) is 2.39. The van der Waals surface area contributed by atoms with Gasteiger partial charge in [-0.1, -0.05) is 54.6 Å². The Hall–Kier alpha value is -2.81. The monoisotopic (exact) mass is 334 g/mol. The molecule has 0 bridgehead atoms. The Bertz CT molecular complexity index is 832. The van der Waals surface area contributed by atoms with Crippen LogP contribution in [0.15, 0.2) is 66.7 Å². The number of aliphatic carboxylic acids is 1. The molecule has 25 heavy (non-hydrogen) atoms. The lowest BCUT2D eigenvalue weighted by Crippen LogP contribution is -1.97. The van der Waals surface area contributed by atoms with Gasteiger partial charge >= 0.3 is 5.97 Å². The highest BCUT2D eigenvalue weighted by atomic mass is 16.5. The average Bonchev–Trinajstić information content (AvgIpc) is 2.64. The lowest BCUT2D eigenvalue weighted by molar-refractivity contribution is -0.137. The first-order chi connectivity index (χ1) is 12.2. The summed E-state index contributed by atoms with van der Waals surface area (Å²) in [6.45, 7) is 0.541. The van der Waals surface area contributed by atoms with Crippen molar-refractivity contribution < 1.29 is 14.6 Å². The van der Waals surface area contributed by atoms with Crippen LogP contribution in [0.2, 0.25) is 0 Å². The zero-order valence-electron chi connectivity index (χ0n) is 14.2. The minimum atomic E-state index is -0.725. The summed E-state index contributed by atoms with van der Waals surface area (Å²) in [4.78, 5) is 10.5. The number of unbranched alkanes of at least 4 members (excludes halogenated alkanes) is 1. The average molecular weight is 334 g/mol. The molecule has 3 heteroatoms. The van der Waals surface area contributed by atoms with Crippen LogP contribution in [0.5, 0.6) is 5.75 Å². The van der Waals surface area contributed by atoms with E-state index in [1.807, 2.05) is 24.3 Å². The van der Waals surface area contributed by atoms with Crippen LogP contribution >= 0.6 is 0 Å². The lowest BCUT2D eigenvalue weighted by Gasteiger charge is -2.10. The molecule has 3 aromatic carbocycles. The fourth-order valence-electron chi connectivity index (χ4n) is 2.94. The van der Waals surface area contributed by atoms with E-state index >= 15 is 0 Å². The topological polar surface area (TPSA) is 46.5 Å². The van der Waals surface area contributed by atoms with E-state index in [1.54, 1.807) is 0 Å². The van der Waals surface area contributed by atoms with Gasteiger partial charge in [0.1, 0.15) is 12.4 Å². The van der Waals surface area contributed by atoms with E-state index in [9.17, 15) is 4.79 Å². The summed E-state index contributed by atoms with van der Waals surface area (Å²) in [6.07, 6.45) is 2.75. The number of aryl methyl sites for hydroxylation is 1. The van der Waals surface area contributed by atoms with Gasteiger partial charge in [-0.3, -0.25) is 4.79 Å². The maximum absolute atomic E-state index is 10.5. The maximum atomic E-state index is 10.5. The van der Waals surface area contributed by atoms with Crippen LogP contribution in [0.25, 0.3) is 10.8 Å². The highest BCUT2D eigenvalue weighted by Gasteiger charge is 2.02. The molecule has 0 atom stereocenters. The van der Waals surface area contributed by atoms with Crippen LogP contribution in [0.3, 0.4) is 0 Å². The molecular weight excluding hydrogens is 312 g/mol. The molecule has 0 saturated heterocycles. The van der Waals surface area contributed by atoms with Crippen LogP contribution in [0.1, 0.15) is 30.4 Å². The van der Waals surface area contributed by atoms with Crippen LogP contribution in [0.4, 0.5) is 0 Å². The molecule has 0 aliphatic rings. The molecule has 0 spiro atoms. The molecule has 0 aromatic heterocycles. The molecule has 128 valence electrons. The number of carboxylic acid groups (broad SMARTS) is 1. The first-order valence-corrected chi connectivity index (χ1v) is 8.62. The van der Waals surface area contributed by atoms with Gasteiger partial charge in [-0.15, -0.1) is 0 Å². The smallest absolute Gasteiger partial charge is 0.303 e. The molecule has 0 heterocycles. The van der Waals surface area contributed by atoms with Crippen LogP contribution in [-0.2, 0) is 17.8 Å². The minimum Gasteiger partial charge on any atom is -0.489 e. The Balaban J connectivity index is 1.55. The molecule has 0 amide bonds. The number of hydrogen-bond donors (Lipinski definition) is 1. The molecule has 3 aromatic rings. The van der Waals surface area contributed by atoms with Crippen molar-refractivity contribution in [2.24, 2.45) is 0 Å². The number of rotatable bonds is 8. The zero-order valence-corrected chi connectivity index (χ0v) is 14.2. The van der Waals surface area contributed by atoms with Crippen molar-refractivity contribution in [1.82, 2.24) is 0 Å². The van der Waals surface area contributed by atoms with E-state index in [1.165, 1.54) is 21.9 Å². The first-order valence-electron chi connectivity index (χ1n) is 8.62. The molecule has 0 aliphatic carbocycles. The summed E-state index contributed by atoms with van der Waals surface area (Å²) >= 11 is 0. The van der Waals surface area contributed by atoms with E-state index in [-0.39, 0.29) is 6.42 Å². The van der Waals surface area contributed by atoms with Crippen molar-refractivity contribution in [1.29, 1.82) is 0 Å². The third kappa shape index (κ3) is 4.83. The van der Waals surface area contributed by atoms with E-state index in [4.69, 9.17) is 9.84 Å². The van der Waals surface area contributed by atoms with Crippen LogP contribution in [0, 0.1) is 0 Å². The van der Waals surface area contributed by atoms with Crippen LogP contribution < -0.4 is 4.74 Å². The SMILES string of the molecule is O=C(O)CCCCc1ccc(OCc2cccc3ccccc23)cc1. The number of carbonyl (C=O) groups is 1. The molecule has 0 saturated carbocycles. The van der Waals surface area contributed by atoms with Gasteiger partial charge in [-0.2, -0.15) is 0 Å². The lowest BCUT2D eigenvalue weighted by atomic mass is 10.1. The van der Waals surface area contributed by atoms with E-state index in [0.717, 1.165) is 18.6 Å². The zero-order chi connectivity index (χ0) is 17.5. The highest BCUT2D eigenvalue weighted by molar-refractivity contribution is 5.85. The number of hydrogen-bond acceptors (Lipinski definition) is 2. The predicted molar refractivity (Wildman–Crippen MR) is 99.9 cm³/mol. The molecule has 0 unspecified atom stereocenters. The molecule has 3 rings (SSSR count). The molecule has 3 nitrogen and oxygen atoms in total. The Labute approximate surface area is 147 Å². The summed E-state index contributed by atoms with van der Waals surface area (Å²) < 4.78 is 5.93. The summed E-state index contributed by atoms with van der Waals surface area (Å²) in [5, 5.41) is 11.1. The molecule has 0 radical (unpaired) electrons. The normalized spacial score (nSPS) is 10.7. The molecule has 0 aliphatic heterocycles. The van der Waals surface area contributed by atoms with E-state index < -0.39 is 5.97 Å². The standard InChI is InChI=1S/C22H22O3/c23-22(24)11-4-1-6-17-12-14-20(15-13-17)25-16-19-9-5-8-18-7-2-3-10-21(18)19/h2-3,5,7-10,12-15H,1,4,6,11,16H2,(H,23,24). The number of benzene rings is 3. The van der Waals surface area contributed by atoms with Gasteiger partial charge in [0.25, 0.3) is 0 Å². The largest absolute Gasteiger partial charge is 0.489 e.